The van der Waals surface area contributed by atoms with Gasteiger partial charge in [0.15, 0.2) is 0 Å². The molecular weight excluding hydrogens is 244 g/mol. The molecule has 1 fully saturated rings. The van der Waals surface area contributed by atoms with Crippen molar-refractivity contribution >= 4 is 10.9 Å². The van der Waals surface area contributed by atoms with Crippen LogP contribution in [0.25, 0.3) is 10.9 Å². The molecule has 1 atom stereocenters. The van der Waals surface area contributed by atoms with E-state index in [0.717, 1.165) is 18.0 Å². The summed E-state index contributed by atoms with van der Waals surface area (Å²) in [7, 11) is 0. The van der Waals surface area contributed by atoms with Crippen LogP contribution in [0.1, 0.15) is 50.6 Å². The summed E-state index contributed by atoms with van der Waals surface area (Å²) in [5, 5.41) is 5.04. The number of hydrogen-bond donors (Lipinski definition) is 1. The number of nitrogens with one attached hydrogen (secondary N) is 1. The van der Waals surface area contributed by atoms with Crippen LogP contribution in [0.2, 0.25) is 0 Å². The fraction of sp³-hybridized carbons (Fsp3) is 0.500. The Hall–Kier alpha value is -1.41. The van der Waals surface area contributed by atoms with Gasteiger partial charge < -0.3 is 5.32 Å². The zero-order chi connectivity index (χ0) is 13.8. The smallest absolute Gasteiger partial charge is 0.0705 e. The van der Waals surface area contributed by atoms with Crippen molar-refractivity contribution in [3.8, 4) is 0 Å². The van der Waals surface area contributed by atoms with E-state index < -0.39 is 0 Å². The maximum absolute atomic E-state index is 4.48. The Kier molecular flexibility index (Phi) is 4.31. The SMILES string of the molecule is CCCNC(CCC1CC1)c1cccc2ncccc12. The van der Waals surface area contributed by atoms with Crippen molar-refractivity contribution in [2.75, 3.05) is 6.54 Å². The molecular formula is C18H24N2. The van der Waals surface area contributed by atoms with Gasteiger partial charge in [-0.05, 0) is 49.4 Å². The van der Waals surface area contributed by atoms with E-state index in [1.54, 1.807) is 0 Å². The molecule has 0 saturated heterocycles. The molecule has 0 aliphatic heterocycles. The Morgan fingerprint density at radius 3 is 2.95 bits per heavy atom. The molecule has 1 aliphatic rings. The minimum absolute atomic E-state index is 0.475. The largest absolute Gasteiger partial charge is 0.310 e. The molecule has 1 N–H and O–H groups in total. The van der Waals surface area contributed by atoms with Crippen LogP contribution < -0.4 is 5.32 Å². The highest BCUT2D eigenvalue weighted by atomic mass is 14.9. The molecule has 0 bridgehead atoms. The summed E-state index contributed by atoms with van der Waals surface area (Å²) in [5.41, 5.74) is 2.53. The lowest BCUT2D eigenvalue weighted by Crippen LogP contribution is -2.22. The van der Waals surface area contributed by atoms with Gasteiger partial charge in [0.1, 0.15) is 0 Å². The molecule has 1 saturated carbocycles. The standard InChI is InChI=1S/C18H24N2/c1-2-12-19-18(11-10-14-8-9-14)15-5-3-7-17-16(15)6-4-13-20-17/h3-7,13-14,18-19H,2,8-12H2,1H3. The molecule has 2 aromatic rings. The monoisotopic (exact) mass is 268 g/mol. The molecule has 1 heterocycles. The Labute approximate surface area is 121 Å². The Morgan fingerprint density at radius 1 is 1.25 bits per heavy atom. The number of nitrogens with zero attached hydrogens (tertiary/aromatic N) is 1. The minimum Gasteiger partial charge on any atom is -0.310 e. The van der Waals surface area contributed by atoms with Crippen molar-refractivity contribution in [2.24, 2.45) is 5.92 Å². The highest BCUT2D eigenvalue weighted by molar-refractivity contribution is 5.82. The van der Waals surface area contributed by atoms with Gasteiger partial charge in [-0.15, -0.1) is 0 Å². The lowest BCUT2D eigenvalue weighted by atomic mass is 9.96. The summed E-state index contributed by atoms with van der Waals surface area (Å²) in [6.45, 7) is 3.32. The molecule has 1 aliphatic carbocycles. The number of fused-ring (bicyclic) bond motifs is 1. The van der Waals surface area contributed by atoms with Gasteiger partial charge in [0.05, 0.1) is 5.52 Å². The third kappa shape index (κ3) is 3.18. The maximum atomic E-state index is 4.48. The first-order valence-electron chi connectivity index (χ1n) is 7.95. The number of benzene rings is 1. The van der Waals surface area contributed by atoms with Gasteiger partial charge >= 0.3 is 0 Å². The van der Waals surface area contributed by atoms with Crippen LogP contribution in [-0.2, 0) is 0 Å². The molecule has 0 radical (unpaired) electrons. The molecule has 1 aromatic heterocycles. The number of pyridine rings is 1. The lowest BCUT2D eigenvalue weighted by Gasteiger charge is -2.20. The van der Waals surface area contributed by atoms with Crippen LogP contribution in [-0.4, -0.2) is 11.5 Å². The third-order valence-electron chi connectivity index (χ3n) is 4.26. The maximum Gasteiger partial charge on any atom is 0.0705 e. The van der Waals surface area contributed by atoms with Crippen LogP contribution in [0.15, 0.2) is 36.5 Å². The number of aromatic nitrogens is 1. The molecule has 0 spiro atoms. The summed E-state index contributed by atoms with van der Waals surface area (Å²) < 4.78 is 0. The summed E-state index contributed by atoms with van der Waals surface area (Å²) in [5.74, 6) is 0.994. The number of rotatable bonds is 7. The van der Waals surface area contributed by atoms with Gasteiger partial charge in [-0.2, -0.15) is 0 Å². The zero-order valence-corrected chi connectivity index (χ0v) is 12.3. The minimum atomic E-state index is 0.475. The van der Waals surface area contributed by atoms with Crippen LogP contribution >= 0.6 is 0 Å². The van der Waals surface area contributed by atoms with E-state index in [2.05, 4.69) is 41.5 Å². The van der Waals surface area contributed by atoms with E-state index >= 15 is 0 Å². The quantitative estimate of drug-likeness (QED) is 0.801. The van der Waals surface area contributed by atoms with Gasteiger partial charge in [0, 0.05) is 17.6 Å². The van der Waals surface area contributed by atoms with Gasteiger partial charge in [0.2, 0.25) is 0 Å². The fourth-order valence-electron chi connectivity index (χ4n) is 2.93. The Bertz CT molecular complexity index is 555. The molecule has 0 amide bonds. The Morgan fingerprint density at radius 2 is 2.15 bits per heavy atom. The highest BCUT2D eigenvalue weighted by Gasteiger charge is 2.23. The summed E-state index contributed by atoms with van der Waals surface area (Å²) in [6, 6.07) is 11.2. The summed E-state index contributed by atoms with van der Waals surface area (Å²) in [4.78, 5) is 4.48. The highest BCUT2D eigenvalue weighted by Crippen LogP contribution is 2.36. The van der Waals surface area contributed by atoms with E-state index in [-0.39, 0.29) is 0 Å². The van der Waals surface area contributed by atoms with E-state index in [4.69, 9.17) is 0 Å². The van der Waals surface area contributed by atoms with Crippen LogP contribution in [0.4, 0.5) is 0 Å². The van der Waals surface area contributed by atoms with Gasteiger partial charge in [-0.25, -0.2) is 0 Å². The summed E-state index contributed by atoms with van der Waals surface area (Å²) in [6.07, 6.45) is 8.56. The lowest BCUT2D eigenvalue weighted by molar-refractivity contribution is 0.472. The molecule has 1 aromatic carbocycles. The molecule has 106 valence electrons. The second-order valence-corrected chi connectivity index (χ2v) is 5.94. The number of hydrogen-bond acceptors (Lipinski definition) is 2. The van der Waals surface area contributed by atoms with Crippen molar-refractivity contribution in [1.29, 1.82) is 0 Å². The second kappa shape index (κ2) is 6.36. The molecule has 3 rings (SSSR count). The second-order valence-electron chi connectivity index (χ2n) is 5.94. The van der Waals surface area contributed by atoms with E-state index in [1.165, 1.54) is 43.1 Å². The summed E-state index contributed by atoms with van der Waals surface area (Å²) >= 11 is 0. The van der Waals surface area contributed by atoms with Crippen molar-refractivity contribution in [3.63, 3.8) is 0 Å². The van der Waals surface area contributed by atoms with E-state index in [9.17, 15) is 0 Å². The topological polar surface area (TPSA) is 24.9 Å². The van der Waals surface area contributed by atoms with Crippen molar-refractivity contribution in [2.45, 2.75) is 45.1 Å². The first-order chi connectivity index (χ1) is 9.88. The molecule has 20 heavy (non-hydrogen) atoms. The molecule has 1 unspecified atom stereocenters. The van der Waals surface area contributed by atoms with Crippen molar-refractivity contribution in [1.82, 2.24) is 10.3 Å². The first kappa shape index (κ1) is 13.6. The normalized spacial score (nSPS) is 16.4. The first-order valence-corrected chi connectivity index (χ1v) is 7.95. The Balaban J connectivity index is 1.85. The van der Waals surface area contributed by atoms with Gasteiger partial charge in [0.25, 0.3) is 0 Å². The van der Waals surface area contributed by atoms with E-state index in [0.29, 0.717) is 6.04 Å². The van der Waals surface area contributed by atoms with Crippen LogP contribution in [0.3, 0.4) is 0 Å². The average molecular weight is 268 g/mol. The van der Waals surface area contributed by atoms with Crippen molar-refractivity contribution < 1.29 is 0 Å². The predicted octanol–water partition coefficient (Wildman–Crippen LogP) is 4.47. The fourth-order valence-corrected chi connectivity index (χ4v) is 2.93. The van der Waals surface area contributed by atoms with Crippen molar-refractivity contribution in [3.05, 3.63) is 42.1 Å². The van der Waals surface area contributed by atoms with Gasteiger partial charge in [-0.3, -0.25) is 4.98 Å². The average Bonchev–Trinajstić information content (AvgIpc) is 3.31. The molecule has 2 heteroatoms. The predicted molar refractivity (Wildman–Crippen MR) is 84.7 cm³/mol. The van der Waals surface area contributed by atoms with Crippen LogP contribution in [0, 0.1) is 5.92 Å². The van der Waals surface area contributed by atoms with Gasteiger partial charge in [-0.1, -0.05) is 38.0 Å². The van der Waals surface area contributed by atoms with E-state index in [1.807, 2.05) is 12.3 Å². The molecule has 2 nitrogen and oxygen atoms in total. The van der Waals surface area contributed by atoms with Crippen LogP contribution in [0.5, 0.6) is 0 Å². The third-order valence-corrected chi connectivity index (χ3v) is 4.26. The zero-order valence-electron chi connectivity index (χ0n) is 12.3.